The fourth-order valence-electron chi connectivity index (χ4n) is 2.49. The number of nitrogens with two attached hydrogens (primary N) is 1. The number of aromatic nitrogens is 1. The van der Waals surface area contributed by atoms with Crippen LogP contribution in [0.1, 0.15) is 38.5 Å². The number of nitrogens with zero attached hydrogens (tertiary/aromatic N) is 1. The molecule has 2 rings (SSSR count). The highest BCUT2D eigenvalue weighted by Gasteiger charge is 2.17. The number of rotatable bonds is 3. The normalized spacial score (nSPS) is 16.5. The second kappa shape index (κ2) is 6.94. The molecule has 0 spiro atoms. The Labute approximate surface area is 113 Å². The molecule has 0 unspecified atom stereocenters. The van der Waals surface area contributed by atoms with E-state index in [0.29, 0.717) is 5.69 Å². The van der Waals surface area contributed by atoms with Crippen molar-refractivity contribution in [1.82, 2.24) is 0 Å². The molecule has 1 aromatic rings. The van der Waals surface area contributed by atoms with Gasteiger partial charge >= 0.3 is 5.95 Å². The third-order valence-electron chi connectivity index (χ3n) is 3.51. The van der Waals surface area contributed by atoms with Crippen LogP contribution in [0.2, 0.25) is 0 Å². The highest BCUT2D eigenvalue weighted by atomic mass is 79.9. The molecule has 2 nitrogen and oxygen atoms in total. The van der Waals surface area contributed by atoms with Crippen molar-refractivity contribution in [1.29, 1.82) is 0 Å². The second-order valence-electron chi connectivity index (χ2n) is 4.77. The standard InChI is InChI=1S/C13H19FN2.BrH/c14-13-10-12(15)7-9-16(13)8-6-11-4-2-1-3-5-11;/h7,9-11,15H,1-6,8H2;1H. The summed E-state index contributed by atoms with van der Waals surface area (Å²) in [4.78, 5) is 0. The van der Waals surface area contributed by atoms with Gasteiger partial charge in [0.1, 0.15) is 0 Å². The number of hydrogen-bond donors (Lipinski definition) is 1. The maximum atomic E-state index is 13.5. The fourth-order valence-corrected chi connectivity index (χ4v) is 2.49. The summed E-state index contributed by atoms with van der Waals surface area (Å²) in [5, 5.41) is 0. The zero-order valence-corrected chi connectivity index (χ0v) is 11.6. The van der Waals surface area contributed by atoms with Crippen molar-refractivity contribution in [3.63, 3.8) is 0 Å². The molecule has 1 aliphatic rings. The molecule has 0 radical (unpaired) electrons. The molecule has 0 amide bonds. The molecule has 1 aliphatic carbocycles. The lowest BCUT2D eigenvalue weighted by atomic mass is 9.87. The van der Waals surface area contributed by atoms with Crippen LogP contribution in [-0.2, 0) is 6.54 Å². The number of pyridine rings is 1. The summed E-state index contributed by atoms with van der Waals surface area (Å²) < 4.78 is 15.1. The van der Waals surface area contributed by atoms with Crippen LogP contribution in [0.3, 0.4) is 0 Å². The number of nitrogen functional groups attached to an aromatic ring is 1. The summed E-state index contributed by atoms with van der Waals surface area (Å²) in [6.07, 6.45) is 9.53. The van der Waals surface area contributed by atoms with Gasteiger partial charge in [-0.25, -0.2) is 0 Å². The van der Waals surface area contributed by atoms with Crippen LogP contribution >= 0.6 is 0 Å². The van der Waals surface area contributed by atoms with Crippen molar-refractivity contribution in [2.75, 3.05) is 5.73 Å². The summed E-state index contributed by atoms with van der Waals surface area (Å²) >= 11 is 0. The molecule has 4 heteroatoms. The van der Waals surface area contributed by atoms with Gasteiger partial charge in [0.25, 0.3) is 0 Å². The lowest BCUT2D eigenvalue weighted by molar-refractivity contribution is -0.725. The Morgan fingerprint density at radius 3 is 2.65 bits per heavy atom. The Bertz CT molecular complexity index is 351. The van der Waals surface area contributed by atoms with Gasteiger partial charge in [0.15, 0.2) is 12.7 Å². The molecule has 17 heavy (non-hydrogen) atoms. The summed E-state index contributed by atoms with van der Waals surface area (Å²) in [7, 11) is 0. The number of anilines is 1. The van der Waals surface area contributed by atoms with Gasteiger partial charge in [-0.05, 0) is 5.92 Å². The van der Waals surface area contributed by atoms with E-state index < -0.39 is 0 Å². The number of hydrogen-bond acceptors (Lipinski definition) is 1. The van der Waals surface area contributed by atoms with Crippen LogP contribution in [0, 0.1) is 11.9 Å². The largest absolute Gasteiger partial charge is 1.00 e. The van der Waals surface area contributed by atoms with Crippen LogP contribution in [0.15, 0.2) is 18.3 Å². The highest BCUT2D eigenvalue weighted by Crippen LogP contribution is 2.26. The summed E-state index contributed by atoms with van der Waals surface area (Å²) in [6.45, 7) is 0.775. The lowest BCUT2D eigenvalue weighted by Crippen LogP contribution is -3.00. The predicted octanol–water partition coefficient (Wildman–Crippen LogP) is -0.330. The van der Waals surface area contributed by atoms with Crippen molar-refractivity contribution in [2.45, 2.75) is 45.1 Å². The van der Waals surface area contributed by atoms with Gasteiger partial charge in [-0.3, -0.25) is 0 Å². The monoisotopic (exact) mass is 302 g/mol. The van der Waals surface area contributed by atoms with Crippen molar-refractivity contribution in [3.8, 4) is 0 Å². The third-order valence-corrected chi connectivity index (χ3v) is 3.51. The zero-order chi connectivity index (χ0) is 11.4. The maximum Gasteiger partial charge on any atom is 0.361 e. The average Bonchev–Trinajstić information content (AvgIpc) is 2.29. The molecule has 0 atom stereocenters. The van der Waals surface area contributed by atoms with E-state index in [1.807, 2.05) is 0 Å². The van der Waals surface area contributed by atoms with Crippen LogP contribution < -0.4 is 27.3 Å². The number of halogens is 2. The second-order valence-corrected chi connectivity index (χ2v) is 4.77. The van der Waals surface area contributed by atoms with Crippen molar-refractivity contribution in [2.24, 2.45) is 5.92 Å². The first-order chi connectivity index (χ1) is 7.75. The molecule has 1 fully saturated rings. The summed E-state index contributed by atoms with van der Waals surface area (Å²) in [5.41, 5.74) is 6.01. The summed E-state index contributed by atoms with van der Waals surface area (Å²) in [5.74, 6) is 0.564. The Morgan fingerprint density at radius 2 is 2.00 bits per heavy atom. The van der Waals surface area contributed by atoms with Crippen molar-refractivity contribution >= 4 is 5.69 Å². The van der Waals surface area contributed by atoms with Crippen LogP contribution in [0.25, 0.3) is 0 Å². The Hall–Kier alpha value is -0.640. The fraction of sp³-hybridized carbons (Fsp3) is 0.615. The first-order valence-electron chi connectivity index (χ1n) is 6.20. The molecule has 96 valence electrons. The SMILES string of the molecule is Nc1cc[n+](CCC2CCCCC2)c(F)c1.[Br-]. The molecule has 0 aliphatic heterocycles. The molecule has 1 aromatic heterocycles. The maximum absolute atomic E-state index is 13.5. The van der Waals surface area contributed by atoms with Gasteiger partial charge in [-0.15, -0.1) is 4.39 Å². The minimum Gasteiger partial charge on any atom is -1.00 e. The van der Waals surface area contributed by atoms with E-state index in [9.17, 15) is 4.39 Å². The molecule has 2 N–H and O–H groups in total. The minimum absolute atomic E-state index is 0. The molecule has 1 heterocycles. The first-order valence-corrected chi connectivity index (χ1v) is 6.20. The zero-order valence-electron chi connectivity index (χ0n) is 10.0. The van der Waals surface area contributed by atoms with Crippen molar-refractivity contribution in [3.05, 3.63) is 24.3 Å². The molecule has 0 bridgehead atoms. The van der Waals surface area contributed by atoms with Gasteiger partial charge in [0.2, 0.25) is 0 Å². The van der Waals surface area contributed by atoms with Gasteiger partial charge in [-0.2, -0.15) is 4.57 Å². The van der Waals surface area contributed by atoms with E-state index >= 15 is 0 Å². The van der Waals surface area contributed by atoms with Gasteiger partial charge in [0, 0.05) is 18.2 Å². The molecule has 1 saturated carbocycles. The van der Waals surface area contributed by atoms with Crippen LogP contribution in [0.5, 0.6) is 0 Å². The van der Waals surface area contributed by atoms with Gasteiger partial charge in [-0.1, -0.05) is 32.1 Å². The van der Waals surface area contributed by atoms with Crippen molar-refractivity contribution < 1.29 is 25.9 Å². The Kier molecular flexibility index (Phi) is 5.89. The van der Waals surface area contributed by atoms with Gasteiger partial charge < -0.3 is 22.7 Å². The van der Waals surface area contributed by atoms with E-state index in [1.165, 1.54) is 38.2 Å². The molecular formula is C13H20BrFN2. The quantitative estimate of drug-likeness (QED) is 0.601. The van der Waals surface area contributed by atoms with E-state index in [-0.39, 0.29) is 22.9 Å². The first kappa shape index (κ1) is 14.4. The Morgan fingerprint density at radius 1 is 1.29 bits per heavy atom. The van der Waals surface area contributed by atoms with E-state index in [1.54, 1.807) is 16.8 Å². The topological polar surface area (TPSA) is 29.9 Å². The van der Waals surface area contributed by atoms with Crippen LogP contribution in [0.4, 0.5) is 10.1 Å². The minimum atomic E-state index is -0.226. The van der Waals surface area contributed by atoms with Crippen LogP contribution in [-0.4, -0.2) is 0 Å². The van der Waals surface area contributed by atoms with E-state index in [4.69, 9.17) is 5.73 Å². The predicted molar refractivity (Wildman–Crippen MR) is 62.2 cm³/mol. The number of aryl methyl sites for hydroxylation is 1. The van der Waals surface area contributed by atoms with Gasteiger partial charge in [0.05, 0.1) is 6.07 Å². The average molecular weight is 303 g/mol. The van der Waals surface area contributed by atoms with E-state index in [2.05, 4.69) is 0 Å². The lowest BCUT2D eigenvalue weighted by Gasteiger charge is -2.19. The smallest absolute Gasteiger partial charge is 0.361 e. The molecule has 0 aromatic carbocycles. The summed E-state index contributed by atoms with van der Waals surface area (Å²) in [6, 6.07) is 3.14. The highest BCUT2D eigenvalue weighted by molar-refractivity contribution is 5.32. The third kappa shape index (κ3) is 4.26. The Balaban J connectivity index is 0.00000144. The molecule has 0 saturated heterocycles. The van der Waals surface area contributed by atoms with E-state index in [0.717, 1.165) is 18.9 Å². The molecular weight excluding hydrogens is 283 g/mol.